The van der Waals surface area contributed by atoms with Crippen molar-refractivity contribution in [3.05, 3.63) is 29.3 Å². The molecule has 96 valence electrons. The van der Waals surface area contributed by atoms with Crippen molar-refractivity contribution in [2.45, 2.75) is 13.3 Å². The van der Waals surface area contributed by atoms with Crippen molar-refractivity contribution >= 4 is 18.4 Å². The number of ether oxygens (including phenoxy) is 2. The lowest BCUT2D eigenvalue weighted by Crippen LogP contribution is -2.08. The lowest BCUT2D eigenvalue weighted by atomic mass is 10.1. The molecule has 0 aliphatic heterocycles. The number of carbonyl (C=O) groups excluding carboxylic acids is 1. The van der Waals surface area contributed by atoms with Crippen LogP contribution in [0.15, 0.2) is 18.2 Å². The van der Waals surface area contributed by atoms with Gasteiger partial charge in [0.25, 0.3) is 0 Å². The third-order valence-electron chi connectivity index (χ3n) is 2.19. The Hall–Kier alpha value is -1.26. The molecule has 1 aromatic carbocycles. The Morgan fingerprint density at radius 1 is 1.41 bits per heavy atom. The highest BCUT2D eigenvalue weighted by Gasteiger charge is 2.13. The van der Waals surface area contributed by atoms with Crippen molar-refractivity contribution in [1.29, 1.82) is 0 Å². The molecule has 0 bridgehead atoms. The second-order valence-corrected chi connectivity index (χ2v) is 3.29. The van der Waals surface area contributed by atoms with Gasteiger partial charge in [-0.3, -0.25) is 0 Å². The molecule has 2 N–H and O–H groups in total. The Balaban J connectivity index is 0.00000256. The summed E-state index contributed by atoms with van der Waals surface area (Å²) in [4.78, 5) is 11.6. The summed E-state index contributed by atoms with van der Waals surface area (Å²) in [6.45, 7) is 2.70. The number of rotatable bonds is 5. The molecule has 0 unspecified atom stereocenters. The molecule has 0 atom stereocenters. The minimum Gasteiger partial charge on any atom is -0.496 e. The van der Waals surface area contributed by atoms with Crippen LogP contribution in [0.3, 0.4) is 0 Å². The first-order chi connectivity index (χ1) is 7.72. The molecule has 4 nitrogen and oxygen atoms in total. The Morgan fingerprint density at radius 3 is 2.65 bits per heavy atom. The van der Waals surface area contributed by atoms with Crippen LogP contribution in [-0.4, -0.2) is 26.2 Å². The van der Waals surface area contributed by atoms with Crippen molar-refractivity contribution in [2.75, 3.05) is 20.3 Å². The minimum atomic E-state index is -0.362. The third-order valence-corrected chi connectivity index (χ3v) is 2.19. The first-order valence-electron chi connectivity index (χ1n) is 5.27. The first kappa shape index (κ1) is 15.7. The van der Waals surface area contributed by atoms with Gasteiger partial charge >= 0.3 is 5.97 Å². The summed E-state index contributed by atoms with van der Waals surface area (Å²) in [6, 6.07) is 5.39. The van der Waals surface area contributed by atoms with E-state index in [0.717, 1.165) is 12.0 Å². The monoisotopic (exact) mass is 259 g/mol. The van der Waals surface area contributed by atoms with Crippen molar-refractivity contribution in [1.82, 2.24) is 0 Å². The van der Waals surface area contributed by atoms with E-state index in [1.54, 1.807) is 13.0 Å². The van der Waals surface area contributed by atoms with E-state index < -0.39 is 0 Å². The van der Waals surface area contributed by atoms with E-state index in [-0.39, 0.29) is 18.4 Å². The molecule has 0 saturated carbocycles. The molecular weight excluding hydrogens is 242 g/mol. The lowest BCUT2D eigenvalue weighted by Gasteiger charge is -2.09. The molecular formula is C12H18ClNO3. The number of nitrogens with two attached hydrogens (primary N) is 1. The molecule has 0 aliphatic carbocycles. The summed E-state index contributed by atoms with van der Waals surface area (Å²) in [7, 11) is 1.53. The van der Waals surface area contributed by atoms with Gasteiger partial charge in [0.15, 0.2) is 0 Å². The van der Waals surface area contributed by atoms with Crippen molar-refractivity contribution in [2.24, 2.45) is 5.73 Å². The maximum Gasteiger partial charge on any atom is 0.341 e. The maximum absolute atomic E-state index is 11.6. The van der Waals surface area contributed by atoms with Crippen LogP contribution in [0.4, 0.5) is 0 Å². The molecule has 1 rings (SSSR count). The number of hydrogen-bond acceptors (Lipinski definition) is 4. The Bertz CT molecular complexity index is 369. The van der Waals surface area contributed by atoms with E-state index in [4.69, 9.17) is 15.2 Å². The van der Waals surface area contributed by atoms with Gasteiger partial charge in [0, 0.05) is 0 Å². The fraction of sp³-hybridized carbons (Fsp3) is 0.417. The van der Waals surface area contributed by atoms with Gasteiger partial charge in [-0.1, -0.05) is 6.07 Å². The van der Waals surface area contributed by atoms with Crippen LogP contribution in [0, 0.1) is 0 Å². The van der Waals surface area contributed by atoms with Crippen LogP contribution in [-0.2, 0) is 11.2 Å². The van der Waals surface area contributed by atoms with Gasteiger partial charge in [0.1, 0.15) is 11.3 Å². The molecule has 0 aliphatic rings. The first-order valence-corrected chi connectivity index (χ1v) is 5.27. The quantitative estimate of drug-likeness (QED) is 0.819. The zero-order valence-corrected chi connectivity index (χ0v) is 10.9. The summed E-state index contributed by atoms with van der Waals surface area (Å²) < 4.78 is 10.1. The average molecular weight is 260 g/mol. The van der Waals surface area contributed by atoms with Crippen LogP contribution < -0.4 is 10.5 Å². The Labute approximate surface area is 108 Å². The van der Waals surface area contributed by atoms with Gasteiger partial charge in [-0.2, -0.15) is 0 Å². The normalized spacial score (nSPS) is 9.35. The zero-order chi connectivity index (χ0) is 12.0. The number of benzene rings is 1. The zero-order valence-electron chi connectivity index (χ0n) is 10.1. The fourth-order valence-electron chi connectivity index (χ4n) is 1.44. The number of hydrogen-bond donors (Lipinski definition) is 1. The highest BCUT2D eigenvalue weighted by molar-refractivity contribution is 5.92. The third kappa shape index (κ3) is 4.24. The number of esters is 1. The molecule has 17 heavy (non-hydrogen) atoms. The highest BCUT2D eigenvalue weighted by Crippen LogP contribution is 2.21. The number of methoxy groups -OCH3 is 1. The summed E-state index contributed by atoms with van der Waals surface area (Å²) >= 11 is 0. The maximum atomic E-state index is 11.6. The molecule has 1 aromatic rings. The topological polar surface area (TPSA) is 61.5 Å². The number of halogens is 1. The van der Waals surface area contributed by atoms with Gasteiger partial charge in [-0.25, -0.2) is 4.79 Å². The van der Waals surface area contributed by atoms with Gasteiger partial charge in [0.2, 0.25) is 0 Å². The van der Waals surface area contributed by atoms with Gasteiger partial charge in [-0.15, -0.1) is 12.4 Å². The summed E-state index contributed by atoms with van der Waals surface area (Å²) in [6.07, 6.45) is 0.763. The summed E-state index contributed by atoms with van der Waals surface area (Å²) in [5.74, 6) is 0.169. The second-order valence-electron chi connectivity index (χ2n) is 3.29. The van der Waals surface area contributed by atoms with Crippen molar-refractivity contribution in [3.63, 3.8) is 0 Å². The van der Waals surface area contributed by atoms with Gasteiger partial charge in [-0.05, 0) is 37.6 Å². The molecule has 0 aromatic heterocycles. The standard InChI is InChI=1S/C12H17NO3.ClH/c1-3-16-12(14)10-5-4-9(6-7-13)8-11(10)15-2;/h4-5,8H,3,6-7,13H2,1-2H3;1H. The van der Waals surface area contributed by atoms with Crippen molar-refractivity contribution < 1.29 is 14.3 Å². The number of carbonyl (C=O) groups is 1. The van der Waals surface area contributed by atoms with Gasteiger partial charge < -0.3 is 15.2 Å². The van der Waals surface area contributed by atoms with Crippen LogP contribution in [0.2, 0.25) is 0 Å². The largest absolute Gasteiger partial charge is 0.496 e. The van der Waals surface area contributed by atoms with E-state index >= 15 is 0 Å². The Morgan fingerprint density at radius 2 is 2.12 bits per heavy atom. The smallest absolute Gasteiger partial charge is 0.341 e. The van der Waals surface area contributed by atoms with Crippen LogP contribution in [0.25, 0.3) is 0 Å². The predicted molar refractivity (Wildman–Crippen MR) is 69.0 cm³/mol. The molecule has 0 amide bonds. The predicted octanol–water partition coefficient (Wildman–Crippen LogP) is 1.79. The molecule has 0 saturated heterocycles. The van der Waals surface area contributed by atoms with E-state index in [2.05, 4.69) is 0 Å². The lowest BCUT2D eigenvalue weighted by molar-refractivity contribution is 0.0522. The summed E-state index contributed by atoms with van der Waals surface area (Å²) in [5, 5.41) is 0. The Kier molecular flexibility index (Phi) is 7.34. The van der Waals surface area contributed by atoms with E-state index in [1.807, 2.05) is 12.1 Å². The minimum absolute atomic E-state index is 0. The van der Waals surface area contributed by atoms with Crippen LogP contribution in [0.1, 0.15) is 22.8 Å². The fourth-order valence-corrected chi connectivity index (χ4v) is 1.44. The van der Waals surface area contributed by atoms with Crippen molar-refractivity contribution in [3.8, 4) is 5.75 Å². The molecule has 0 fully saturated rings. The van der Waals surface area contributed by atoms with Crippen LogP contribution in [0.5, 0.6) is 5.75 Å². The van der Waals surface area contributed by atoms with E-state index in [9.17, 15) is 4.79 Å². The molecule has 5 heteroatoms. The van der Waals surface area contributed by atoms with E-state index in [0.29, 0.717) is 24.5 Å². The molecule has 0 radical (unpaired) electrons. The molecule has 0 heterocycles. The molecule has 0 spiro atoms. The van der Waals surface area contributed by atoms with E-state index in [1.165, 1.54) is 7.11 Å². The SMILES string of the molecule is CCOC(=O)c1ccc(CCN)cc1OC.Cl. The summed E-state index contributed by atoms with van der Waals surface area (Å²) in [5.41, 5.74) is 6.96. The average Bonchev–Trinajstić information content (AvgIpc) is 2.29. The van der Waals surface area contributed by atoms with Crippen LogP contribution >= 0.6 is 12.4 Å². The van der Waals surface area contributed by atoms with Gasteiger partial charge in [0.05, 0.1) is 13.7 Å². The highest BCUT2D eigenvalue weighted by atomic mass is 35.5. The second kappa shape index (κ2) is 7.92.